The molecular weight excluding hydrogens is 390 g/mol. The molecule has 152 valence electrons. The van der Waals surface area contributed by atoms with Crippen LogP contribution in [0.1, 0.15) is 16.8 Å². The maximum Gasteiger partial charge on any atom is 0.357 e. The second kappa shape index (κ2) is 9.15. The lowest BCUT2D eigenvalue weighted by Gasteiger charge is -2.02. The fourth-order valence-electron chi connectivity index (χ4n) is 2.52. The highest BCUT2D eigenvalue weighted by Gasteiger charge is 2.18. The van der Waals surface area contributed by atoms with Crippen molar-refractivity contribution in [3.8, 4) is 5.75 Å². The van der Waals surface area contributed by atoms with E-state index >= 15 is 0 Å². The van der Waals surface area contributed by atoms with Crippen LogP contribution in [0.4, 0.5) is 11.4 Å². The third-order valence-electron chi connectivity index (χ3n) is 4.00. The summed E-state index contributed by atoms with van der Waals surface area (Å²) in [4.78, 5) is 37.3. The Hall–Kier alpha value is -4.47. The Morgan fingerprint density at radius 2 is 1.67 bits per heavy atom. The maximum atomic E-state index is 11.6. The molecular formula is C20H17N5O5. The van der Waals surface area contributed by atoms with E-state index in [4.69, 9.17) is 4.74 Å². The summed E-state index contributed by atoms with van der Waals surface area (Å²) in [6.45, 7) is 0. The van der Waals surface area contributed by atoms with E-state index in [1.54, 1.807) is 43.7 Å². The van der Waals surface area contributed by atoms with E-state index in [9.17, 15) is 19.7 Å². The van der Waals surface area contributed by atoms with Crippen LogP contribution in [0.25, 0.3) is 12.2 Å². The monoisotopic (exact) mass is 407 g/mol. The molecule has 0 bridgehead atoms. The quantitative estimate of drug-likeness (QED) is 0.312. The summed E-state index contributed by atoms with van der Waals surface area (Å²) in [6.07, 6.45) is 4.49. The number of aromatic nitrogens is 2. The molecule has 0 aliphatic heterocycles. The number of nitro groups is 1. The van der Waals surface area contributed by atoms with Crippen molar-refractivity contribution in [3.63, 3.8) is 0 Å². The van der Waals surface area contributed by atoms with Crippen LogP contribution < -0.4 is 21.4 Å². The second-order valence-corrected chi connectivity index (χ2v) is 6.03. The lowest BCUT2D eigenvalue weighted by molar-refractivity contribution is -0.386. The largest absolute Gasteiger partial charge is 0.497 e. The Labute approximate surface area is 169 Å². The van der Waals surface area contributed by atoms with E-state index < -0.39 is 21.9 Å². The van der Waals surface area contributed by atoms with Crippen LogP contribution in [0.5, 0.6) is 5.75 Å². The predicted molar refractivity (Wildman–Crippen MR) is 114 cm³/mol. The van der Waals surface area contributed by atoms with Gasteiger partial charge in [0.15, 0.2) is 0 Å². The van der Waals surface area contributed by atoms with E-state index in [2.05, 4.69) is 15.5 Å². The molecule has 10 heteroatoms. The molecule has 30 heavy (non-hydrogen) atoms. The molecule has 0 spiro atoms. The van der Waals surface area contributed by atoms with Gasteiger partial charge in [0.2, 0.25) is 0 Å². The number of benzene rings is 2. The van der Waals surface area contributed by atoms with Gasteiger partial charge in [0.1, 0.15) is 11.4 Å². The number of hydrazone groups is 1. The van der Waals surface area contributed by atoms with Gasteiger partial charge in [-0.3, -0.25) is 25.3 Å². The van der Waals surface area contributed by atoms with Gasteiger partial charge < -0.3 is 9.72 Å². The van der Waals surface area contributed by atoms with Crippen molar-refractivity contribution in [2.45, 2.75) is 0 Å². The minimum absolute atomic E-state index is 0.178. The first kappa shape index (κ1) is 20.3. The van der Waals surface area contributed by atoms with Crippen LogP contribution in [0, 0.1) is 10.1 Å². The zero-order chi connectivity index (χ0) is 21.5. The smallest absolute Gasteiger partial charge is 0.357 e. The van der Waals surface area contributed by atoms with Gasteiger partial charge in [-0.2, -0.15) is 5.10 Å². The van der Waals surface area contributed by atoms with Gasteiger partial charge in [-0.15, -0.1) is 0 Å². The van der Waals surface area contributed by atoms with Crippen molar-refractivity contribution in [3.05, 3.63) is 96.3 Å². The summed E-state index contributed by atoms with van der Waals surface area (Å²) < 4.78 is 5.09. The fourth-order valence-corrected chi connectivity index (χ4v) is 2.52. The normalized spacial score (nSPS) is 11.1. The Morgan fingerprint density at radius 1 is 1.00 bits per heavy atom. The first-order chi connectivity index (χ1) is 14.5. The third kappa shape index (κ3) is 5.07. The molecule has 3 N–H and O–H groups in total. The van der Waals surface area contributed by atoms with Crippen molar-refractivity contribution < 1.29 is 9.66 Å². The van der Waals surface area contributed by atoms with Crippen molar-refractivity contribution in [1.82, 2.24) is 9.97 Å². The Bertz CT molecular complexity index is 1210. The number of aromatic amines is 2. The number of methoxy groups -OCH3 is 1. The molecule has 3 aromatic rings. The van der Waals surface area contributed by atoms with E-state index in [0.29, 0.717) is 5.56 Å². The van der Waals surface area contributed by atoms with Crippen LogP contribution in [-0.4, -0.2) is 28.2 Å². The van der Waals surface area contributed by atoms with E-state index in [1.807, 2.05) is 29.2 Å². The minimum Gasteiger partial charge on any atom is -0.497 e. The topological polar surface area (TPSA) is 142 Å². The van der Waals surface area contributed by atoms with Crippen LogP contribution >= 0.6 is 0 Å². The summed E-state index contributed by atoms with van der Waals surface area (Å²) >= 11 is 0. The van der Waals surface area contributed by atoms with Gasteiger partial charge in [0.25, 0.3) is 0 Å². The Kier molecular flexibility index (Phi) is 6.18. The molecule has 1 aromatic heterocycles. The zero-order valence-electron chi connectivity index (χ0n) is 15.8. The minimum atomic E-state index is -1.06. The average Bonchev–Trinajstić information content (AvgIpc) is 2.73. The van der Waals surface area contributed by atoms with Crippen LogP contribution in [0.2, 0.25) is 0 Å². The summed E-state index contributed by atoms with van der Waals surface area (Å²) in [7, 11) is 1.60. The fraction of sp³-hybridized carbons (Fsp3) is 0.0500. The van der Waals surface area contributed by atoms with Gasteiger partial charge >= 0.3 is 16.9 Å². The first-order valence-corrected chi connectivity index (χ1v) is 8.68. The number of H-pyrrole nitrogens is 2. The number of nitrogens with zero attached hydrogens (tertiary/aromatic N) is 2. The second-order valence-electron chi connectivity index (χ2n) is 6.03. The number of nitrogens with one attached hydrogen (secondary N) is 3. The molecule has 0 aliphatic rings. The first-order valence-electron chi connectivity index (χ1n) is 8.68. The average molecular weight is 407 g/mol. The van der Waals surface area contributed by atoms with E-state index in [-0.39, 0.29) is 5.69 Å². The Morgan fingerprint density at radius 3 is 2.30 bits per heavy atom. The molecule has 0 radical (unpaired) electrons. The van der Waals surface area contributed by atoms with Crippen molar-refractivity contribution in [1.29, 1.82) is 0 Å². The standard InChI is InChI=1S/C20H17N5O5/c1-30-16-9-7-15(8-10-16)24-21-12-14-4-2-13(3-5-14)6-11-17-18(25(28)29)19(26)23-20(27)22-17/h2-12,24H,1H3,(H2,22,23,26,27)/b11-6+,21-12-. The molecule has 0 amide bonds. The van der Waals surface area contributed by atoms with Crippen LogP contribution in [0.3, 0.4) is 0 Å². The van der Waals surface area contributed by atoms with Crippen molar-refractivity contribution in [2.24, 2.45) is 5.10 Å². The van der Waals surface area contributed by atoms with E-state index in [0.717, 1.165) is 17.0 Å². The molecule has 0 fully saturated rings. The van der Waals surface area contributed by atoms with Crippen molar-refractivity contribution >= 4 is 29.7 Å². The SMILES string of the molecule is COc1ccc(N/N=C\c2ccc(/C=C/c3[nH]c(=O)[nH]c(=O)c3[N+](=O)[O-])cc2)cc1. The highest BCUT2D eigenvalue weighted by molar-refractivity contribution is 5.81. The summed E-state index contributed by atoms with van der Waals surface area (Å²) in [6, 6.07) is 14.4. The molecule has 0 saturated carbocycles. The van der Waals surface area contributed by atoms with Gasteiger partial charge in [-0.05, 0) is 41.5 Å². The third-order valence-corrected chi connectivity index (χ3v) is 4.00. The molecule has 0 aliphatic carbocycles. The predicted octanol–water partition coefficient (Wildman–Crippen LogP) is 2.60. The van der Waals surface area contributed by atoms with Gasteiger partial charge in [0, 0.05) is 0 Å². The number of hydrogen-bond donors (Lipinski definition) is 3. The van der Waals surface area contributed by atoms with Gasteiger partial charge in [0.05, 0.1) is 23.9 Å². The van der Waals surface area contributed by atoms with E-state index in [1.165, 1.54) is 6.08 Å². The zero-order valence-corrected chi connectivity index (χ0v) is 15.8. The molecule has 2 aromatic carbocycles. The number of rotatable bonds is 7. The highest BCUT2D eigenvalue weighted by Crippen LogP contribution is 2.15. The molecule has 10 nitrogen and oxygen atoms in total. The lowest BCUT2D eigenvalue weighted by atomic mass is 10.1. The summed E-state index contributed by atoms with van der Waals surface area (Å²) in [5.41, 5.74) is 2.47. The highest BCUT2D eigenvalue weighted by atomic mass is 16.6. The maximum absolute atomic E-state index is 11.6. The lowest BCUT2D eigenvalue weighted by Crippen LogP contribution is -2.25. The molecule has 1 heterocycles. The molecule has 0 unspecified atom stereocenters. The molecule has 0 atom stereocenters. The number of ether oxygens (including phenoxy) is 1. The number of hydrogen-bond acceptors (Lipinski definition) is 7. The summed E-state index contributed by atoms with van der Waals surface area (Å²) in [5, 5.41) is 15.2. The van der Waals surface area contributed by atoms with Crippen molar-refractivity contribution in [2.75, 3.05) is 12.5 Å². The van der Waals surface area contributed by atoms with Gasteiger partial charge in [-0.1, -0.05) is 30.3 Å². The summed E-state index contributed by atoms with van der Waals surface area (Å²) in [5.74, 6) is 0.752. The van der Waals surface area contributed by atoms with Gasteiger partial charge in [-0.25, -0.2) is 4.79 Å². The molecule has 3 rings (SSSR count). The molecule has 0 saturated heterocycles. The van der Waals surface area contributed by atoms with Crippen LogP contribution in [0.15, 0.2) is 63.2 Å². The Balaban J connectivity index is 1.69. The van der Waals surface area contributed by atoms with Crippen LogP contribution in [-0.2, 0) is 0 Å². The number of anilines is 1.